The highest BCUT2D eigenvalue weighted by Crippen LogP contribution is 2.21. The number of aromatic carboxylic acids is 1. The molecule has 1 heterocycles. The van der Waals surface area contributed by atoms with E-state index < -0.39 is 17.8 Å². The SMILES string of the molecule is COC(=O)c1ccccc1NC(=O)CSc1ncccc1C(=O)O. The number of nitrogens with zero attached hydrogens (tertiary/aromatic N) is 1. The third-order valence-corrected chi connectivity index (χ3v) is 3.95. The molecule has 0 aliphatic rings. The van der Waals surface area contributed by atoms with Gasteiger partial charge in [0.15, 0.2) is 0 Å². The number of carbonyl (C=O) groups is 3. The molecule has 0 spiro atoms. The van der Waals surface area contributed by atoms with E-state index in [2.05, 4.69) is 15.0 Å². The van der Waals surface area contributed by atoms with Crippen molar-refractivity contribution in [2.75, 3.05) is 18.2 Å². The number of rotatable bonds is 6. The predicted octanol–water partition coefficient (Wildman–Crippen LogP) is 2.30. The number of carboxylic acid groups (broad SMARTS) is 1. The lowest BCUT2D eigenvalue weighted by Gasteiger charge is -2.09. The minimum Gasteiger partial charge on any atom is -0.478 e. The molecule has 7 nitrogen and oxygen atoms in total. The highest BCUT2D eigenvalue weighted by atomic mass is 32.2. The zero-order chi connectivity index (χ0) is 17.5. The van der Waals surface area contributed by atoms with Gasteiger partial charge in [0.25, 0.3) is 0 Å². The summed E-state index contributed by atoms with van der Waals surface area (Å²) in [5.41, 5.74) is 0.599. The number of para-hydroxylation sites is 1. The first kappa shape index (κ1) is 17.5. The van der Waals surface area contributed by atoms with Crippen molar-refractivity contribution in [2.45, 2.75) is 5.03 Å². The summed E-state index contributed by atoms with van der Waals surface area (Å²) in [5, 5.41) is 11.9. The van der Waals surface area contributed by atoms with Crippen molar-refractivity contribution in [3.05, 3.63) is 53.7 Å². The van der Waals surface area contributed by atoms with E-state index in [1.807, 2.05) is 0 Å². The number of hydrogen-bond acceptors (Lipinski definition) is 6. The number of benzene rings is 1. The van der Waals surface area contributed by atoms with Crippen molar-refractivity contribution in [3.63, 3.8) is 0 Å². The Morgan fingerprint density at radius 3 is 2.58 bits per heavy atom. The number of carbonyl (C=O) groups excluding carboxylic acids is 2. The van der Waals surface area contributed by atoms with Gasteiger partial charge < -0.3 is 15.2 Å². The number of thioether (sulfide) groups is 1. The summed E-state index contributed by atoms with van der Waals surface area (Å²) in [6.07, 6.45) is 1.46. The van der Waals surface area contributed by atoms with Crippen LogP contribution >= 0.6 is 11.8 Å². The fraction of sp³-hybridized carbons (Fsp3) is 0.125. The summed E-state index contributed by atoms with van der Waals surface area (Å²) in [6, 6.07) is 9.39. The maximum absolute atomic E-state index is 12.1. The van der Waals surface area contributed by atoms with Crippen molar-refractivity contribution in [2.24, 2.45) is 0 Å². The topological polar surface area (TPSA) is 106 Å². The van der Waals surface area contributed by atoms with Crippen LogP contribution in [0.15, 0.2) is 47.6 Å². The molecular weight excluding hydrogens is 332 g/mol. The molecule has 0 unspecified atom stereocenters. The molecule has 2 aromatic rings. The molecule has 24 heavy (non-hydrogen) atoms. The van der Waals surface area contributed by atoms with Crippen LogP contribution in [0.4, 0.5) is 5.69 Å². The van der Waals surface area contributed by atoms with Gasteiger partial charge in [-0.2, -0.15) is 0 Å². The third kappa shape index (κ3) is 4.32. The van der Waals surface area contributed by atoms with Gasteiger partial charge in [-0.1, -0.05) is 23.9 Å². The molecule has 2 N–H and O–H groups in total. The van der Waals surface area contributed by atoms with Crippen LogP contribution < -0.4 is 5.32 Å². The Labute approximate surface area is 142 Å². The van der Waals surface area contributed by atoms with Crippen LogP contribution in [0, 0.1) is 0 Å². The normalized spacial score (nSPS) is 10.0. The van der Waals surface area contributed by atoms with E-state index in [0.717, 1.165) is 11.8 Å². The number of ether oxygens (including phenoxy) is 1. The first-order valence-corrected chi connectivity index (χ1v) is 7.79. The first-order valence-electron chi connectivity index (χ1n) is 6.81. The van der Waals surface area contributed by atoms with Crippen LogP contribution in [0.5, 0.6) is 0 Å². The lowest BCUT2D eigenvalue weighted by molar-refractivity contribution is -0.113. The second kappa shape index (κ2) is 8.11. The zero-order valence-electron chi connectivity index (χ0n) is 12.7. The number of amides is 1. The molecule has 0 saturated carbocycles. The molecule has 1 amide bonds. The summed E-state index contributed by atoms with van der Waals surface area (Å²) in [5.74, 6) is -2.11. The van der Waals surface area contributed by atoms with E-state index in [4.69, 9.17) is 5.11 Å². The molecule has 2 rings (SSSR count). The average molecular weight is 346 g/mol. The van der Waals surface area contributed by atoms with E-state index in [1.54, 1.807) is 18.2 Å². The Kier molecular flexibility index (Phi) is 5.91. The second-order valence-corrected chi connectivity index (χ2v) is 5.50. The summed E-state index contributed by atoms with van der Waals surface area (Å²) in [4.78, 5) is 38.8. The molecule has 1 aromatic heterocycles. The molecule has 0 fully saturated rings. The van der Waals surface area contributed by atoms with Gasteiger partial charge >= 0.3 is 11.9 Å². The maximum Gasteiger partial charge on any atom is 0.339 e. The first-order chi connectivity index (χ1) is 11.5. The van der Waals surface area contributed by atoms with E-state index in [9.17, 15) is 14.4 Å². The molecule has 8 heteroatoms. The number of nitrogens with one attached hydrogen (secondary N) is 1. The predicted molar refractivity (Wildman–Crippen MR) is 88.3 cm³/mol. The highest BCUT2D eigenvalue weighted by molar-refractivity contribution is 8.00. The molecule has 1 aromatic carbocycles. The molecule has 124 valence electrons. The van der Waals surface area contributed by atoms with Crippen LogP contribution in [-0.4, -0.2) is 40.8 Å². The summed E-state index contributed by atoms with van der Waals surface area (Å²) in [7, 11) is 1.26. The van der Waals surface area contributed by atoms with Crippen molar-refractivity contribution >= 4 is 35.3 Å². The van der Waals surface area contributed by atoms with Crippen molar-refractivity contribution < 1.29 is 24.2 Å². The van der Waals surface area contributed by atoms with Crippen LogP contribution in [0.1, 0.15) is 20.7 Å². The smallest absolute Gasteiger partial charge is 0.339 e. The second-order valence-electron chi connectivity index (χ2n) is 4.54. The Bertz CT molecular complexity index is 779. The lowest BCUT2D eigenvalue weighted by atomic mass is 10.2. The number of aromatic nitrogens is 1. The van der Waals surface area contributed by atoms with Gasteiger partial charge in [-0.15, -0.1) is 0 Å². The quantitative estimate of drug-likeness (QED) is 0.610. The molecular formula is C16H14N2O5S. The standard InChI is InChI=1S/C16H14N2O5S/c1-23-16(22)10-5-2-3-7-12(10)18-13(19)9-24-14-11(15(20)21)6-4-8-17-14/h2-8H,9H2,1H3,(H,18,19)(H,20,21). The van der Waals surface area contributed by atoms with E-state index in [1.165, 1.54) is 31.5 Å². The van der Waals surface area contributed by atoms with E-state index >= 15 is 0 Å². The number of methoxy groups -OCH3 is 1. The monoisotopic (exact) mass is 346 g/mol. The molecule has 0 aliphatic heterocycles. The fourth-order valence-electron chi connectivity index (χ4n) is 1.87. The highest BCUT2D eigenvalue weighted by Gasteiger charge is 2.15. The van der Waals surface area contributed by atoms with Gasteiger partial charge in [0.2, 0.25) is 5.91 Å². The number of anilines is 1. The van der Waals surface area contributed by atoms with Gasteiger partial charge in [-0.25, -0.2) is 14.6 Å². The molecule has 0 saturated heterocycles. The fourth-order valence-corrected chi connectivity index (χ4v) is 2.66. The van der Waals surface area contributed by atoms with Gasteiger partial charge in [0, 0.05) is 6.20 Å². The van der Waals surface area contributed by atoms with Crippen LogP contribution in [0.25, 0.3) is 0 Å². The van der Waals surface area contributed by atoms with Gasteiger partial charge in [-0.3, -0.25) is 4.79 Å². The number of hydrogen-bond donors (Lipinski definition) is 2. The van der Waals surface area contributed by atoms with Gasteiger partial charge in [-0.05, 0) is 24.3 Å². The molecule has 0 bridgehead atoms. The van der Waals surface area contributed by atoms with Crippen LogP contribution in [0.2, 0.25) is 0 Å². The maximum atomic E-state index is 12.1. The summed E-state index contributed by atoms with van der Waals surface area (Å²) >= 11 is 1.00. The van der Waals surface area contributed by atoms with Crippen molar-refractivity contribution in [1.29, 1.82) is 0 Å². The Morgan fingerprint density at radius 1 is 1.17 bits per heavy atom. The minimum atomic E-state index is -1.11. The largest absolute Gasteiger partial charge is 0.478 e. The van der Waals surface area contributed by atoms with E-state index in [-0.39, 0.29) is 21.9 Å². The average Bonchev–Trinajstić information content (AvgIpc) is 2.60. The van der Waals surface area contributed by atoms with Crippen LogP contribution in [-0.2, 0) is 9.53 Å². The number of esters is 1. The lowest BCUT2D eigenvalue weighted by Crippen LogP contribution is -2.17. The summed E-state index contributed by atoms with van der Waals surface area (Å²) in [6.45, 7) is 0. The van der Waals surface area contributed by atoms with Gasteiger partial charge in [0.05, 0.1) is 29.7 Å². The minimum absolute atomic E-state index is 0.0326. The Hall–Kier alpha value is -2.87. The Morgan fingerprint density at radius 2 is 1.88 bits per heavy atom. The number of carboxylic acids is 1. The number of pyridine rings is 1. The van der Waals surface area contributed by atoms with Crippen molar-refractivity contribution in [3.8, 4) is 0 Å². The molecule has 0 aliphatic carbocycles. The van der Waals surface area contributed by atoms with Crippen molar-refractivity contribution in [1.82, 2.24) is 4.98 Å². The Balaban J connectivity index is 2.05. The third-order valence-electron chi connectivity index (χ3n) is 2.95. The molecule has 0 atom stereocenters. The summed E-state index contributed by atoms with van der Waals surface area (Å²) < 4.78 is 4.66. The molecule has 0 radical (unpaired) electrons. The van der Waals surface area contributed by atoms with Gasteiger partial charge in [0.1, 0.15) is 5.03 Å². The zero-order valence-corrected chi connectivity index (χ0v) is 13.5. The van der Waals surface area contributed by atoms with Crippen LogP contribution in [0.3, 0.4) is 0 Å². The van der Waals surface area contributed by atoms with E-state index in [0.29, 0.717) is 5.69 Å².